The van der Waals surface area contributed by atoms with E-state index < -0.39 is 0 Å². The van der Waals surface area contributed by atoms with Gasteiger partial charge in [0, 0.05) is 48.4 Å². The molecule has 1 spiro atoms. The normalized spacial score (nSPS) is 21.1. The van der Waals surface area contributed by atoms with E-state index in [1.54, 1.807) is 16.7 Å². The van der Waals surface area contributed by atoms with Crippen LogP contribution in [-0.4, -0.2) is 55.2 Å². The highest BCUT2D eigenvalue weighted by atomic mass is 32.2. The summed E-state index contributed by atoms with van der Waals surface area (Å²) in [4.78, 5) is 42.5. The van der Waals surface area contributed by atoms with Crippen LogP contribution in [-0.2, 0) is 4.79 Å². The highest BCUT2D eigenvalue weighted by Crippen LogP contribution is 2.59. The maximum atomic E-state index is 13.0. The van der Waals surface area contributed by atoms with Gasteiger partial charge in [0.05, 0.1) is 5.56 Å². The first-order valence-corrected chi connectivity index (χ1v) is 12.6. The molecule has 8 heteroatoms. The summed E-state index contributed by atoms with van der Waals surface area (Å²) in [7, 11) is 0. The number of nitrogens with one attached hydrogen (secondary N) is 2. The van der Waals surface area contributed by atoms with E-state index in [0.717, 1.165) is 35.4 Å². The fraction of sp³-hybridized carbons (Fsp3) is 0.400. The maximum Gasteiger partial charge on any atom is 0.321 e. The molecule has 0 radical (unpaired) electrons. The number of thioether (sulfide) groups is 1. The molecule has 1 atom stereocenters. The van der Waals surface area contributed by atoms with Crippen molar-refractivity contribution in [2.45, 2.75) is 24.2 Å². The number of rotatable bonds is 5. The SMILES string of the molecule is CSc1ccccc1C(=O)N1CCC2(CC1)CC2C(=O)Nc1cccc(N2CCNC2=O)c1. The third kappa shape index (κ3) is 4.19. The average molecular weight is 465 g/mol. The molecule has 1 unspecified atom stereocenters. The lowest BCUT2D eigenvalue weighted by atomic mass is 9.90. The van der Waals surface area contributed by atoms with Crippen LogP contribution in [0, 0.1) is 11.3 Å². The fourth-order valence-electron chi connectivity index (χ4n) is 5.12. The van der Waals surface area contributed by atoms with Crippen molar-refractivity contribution in [3.8, 4) is 0 Å². The molecule has 7 nitrogen and oxygen atoms in total. The highest BCUT2D eigenvalue weighted by Gasteiger charge is 2.58. The minimum atomic E-state index is -0.110. The number of piperidine rings is 1. The smallest absolute Gasteiger partial charge is 0.321 e. The Morgan fingerprint density at radius 1 is 1.09 bits per heavy atom. The largest absolute Gasteiger partial charge is 0.339 e. The Balaban J connectivity index is 1.18. The number of carbonyl (C=O) groups is 3. The predicted octanol–water partition coefficient (Wildman–Crippen LogP) is 3.82. The van der Waals surface area contributed by atoms with Gasteiger partial charge in [-0.05, 0) is 61.3 Å². The van der Waals surface area contributed by atoms with Crippen molar-refractivity contribution < 1.29 is 14.4 Å². The van der Waals surface area contributed by atoms with Crippen molar-refractivity contribution in [3.63, 3.8) is 0 Å². The quantitative estimate of drug-likeness (QED) is 0.659. The lowest BCUT2D eigenvalue weighted by Gasteiger charge is -2.33. The summed E-state index contributed by atoms with van der Waals surface area (Å²) in [5, 5.41) is 5.84. The van der Waals surface area contributed by atoms with Crippen LogP contribution < -0.4 is 15.5 Å². The number of anilines is 2. The summed E-state index contributed by atoms with van der Waals surface area (Å²) in [6.07, 6.45) is 4.56. The van der Waals surface area contributed by atoms with Crippen LogP contribution in [0.15, 0.2) is 53.4 Å². The molecule has 1 saturated carbocycles. The van der Waals surface area contributed by atoms with E-state index in [0.29, 0.717) is 31.9 Å². The van der Waals surface area contributed by atoms with E-state index in [9.17, 15) is 14.4 Å². The minimum absolute atomic E-state index is 0.00629. The number of hydrogen-bond acceptors (Lipinski definition) is 4. The first-order valence-electron chi connectivity index (χ1n) is 11.4. The second kappa shape index (κ2) is 8.74. The third-order valence-corrected chi connectivity index (χ3v) is 7.97. The topological polar surface area (TPSA) is 81.8 Å². The summed E-state index contributed by atoms with van der Waals surface area (Å²) in [6.45, 7) is 2.62. The first kappa shape index (κ1) is 21.8. The number of likely N-dealkylation sites (tertiary alicyclic amines) is 1. The number of urea groups is 1. The number of nitrogens with zero attached hydrogens (tertiary/aromatic N) is 2. The molecule has 2 N–H and O–H groups in total. The Morgan fingerprint density at radius 2 is 1.88 bits per heavy atom. The fourth-order valence-corrected chi connectivity index (χ4v) is 5.71. The van der Waals surface area contributed by atoms with E-state index in [1.807, 2.05) is 59.7 Å². The molecule has 1 aliphatic carbocycles. The molecule has 2 heterocycles. The van der Waals surface area contributed by atoms with Gasteiger partial charge < -0.3 is 15.5 Å². The van der Waals surface area contributed by atoms with E-state index in [-0.39, 0.29) is 29.2 Å². The highest BCUT2D eigenvalue weighted by molar-refractivity contribution is 7.98. The molecule has 33 heavy (non-hydrogen) atoms. The van der Waals surface area contributed by atoms with E-state index in [4.69, 9.17) is 0 Å². The number of benzene rings is 2. The Morgan fingerprint density at radius 3 is 2.61 bits per heavy atom. The van der Waals surface area contributed by atoms with Gasteiger partial charge in [-0.2, -0.15) is 0 Å². The third-order valence-electron chi connectivity index (χ3n) is 7.17. The molecule has 3 aliphatic rings. The summed E-state index contributed by atoms with van der Waals surface area (Å²) in [6, 6.07) is 15.1. The molecule has 3 fully saturated rings. The van der Waals surface area contributed by atoms with Crippen LogP contribution in [0.3, 0.4) is 0 Å². The summed E-state index contributed by atoms with van der Waals surface area (Å²) in [5.41, 5.74) is 2.26. The van der Waals surface area contributed by atoms with Crippen molar-refractivity contribution in [2.24, 2.45) is 11.3 Å². The predicted molar refractivity (Wildman–Crippen MR) is 130 cm³/mol. The van der Waals surface area contributed by atoms with Crippen molar-refractivity contribution >= 4 is 41.0 Å². The van der Waals surface area contributed by atoms with Crippen LogP contribution in [0.25, 0.3) is 0 Å². The van der Waals surface area contributed by atoms with Gasteiger partial charge in [-0.15, -0.1) is 11.8 Å². The number of hydrogen-bond donors (Lipinski definition) is 2. The average Bonchev–Trinajstić information content (AvgIpc) is 3.37. The van der Waals surface area contributed by atoms with Crippen LogP contribution in [0.2, 0.25) is 0 Å². The molecule has 172 valence electrons. The number of amides is 4. The van der Waals surface area contributed by atoms with Crippen molar-refractivity contribution in [1.82, 2.24) is 10.2 Å². The molecule has 2 aromatic carbocycles. The zero-order valence-corrected chi connectivity index (χ0v) is 19.5. The van der Waals surface area contributed by atoms with E-state index >= 15 is 0 Å². The van der Waals surface area contributed by atoms with Crippen LogP contribution in [0.1, 0.15) is 29.6 Å². The van der Waals surface area contributed by atoms with Crippen LogP contribution in [0.5, 0.6) is 0 Å². The van der Waals surface area contributed by atoms with Gasteiger partial charge in [-0.1, -0.05) is 18.2 Å². The lowest BCUT2D eigenvalue weighted by molar-refractivity contribution is -0.118. The molecule has 0 aromatic heterocycles. The second-order valence-corrected chi connectivity index (χ2v) is 9.88. The molecule has 2 aliphatic heterocycles. The van der Waals surface area contributed by atoms with Crippen molar-refractivity contribution in [2.75, 3.05) is 42.7 Å². The van der Waals surface area contributed by atoms with Gasteiger partial charge in [0.15, 0.2) is 0 Å². The van der Waals surface area contributed by atoms with Crippen molar-refractivity contribution in [3.05, 3.63) is 54.1 Å². The Bertz CT molecular complexity index is 1100. The molecular formula is C25H28N4O3S. The molecular weight excluding hydrogens is 436 g/mol. The van der Waals surface area contributed by atoms with Gasteiger partial charge in [-0.25, -0.2) is 4.79 Å². The monoisotopic (exact) mass is 464 g/mol. The first-order chi connectivity index (χ1) is 16.0. The Kier molecular flexibility index (Phi) is 5.78. The zero-order chi connectivity index (χ0) is 23.0. The molecule has 2 saturated heterocycles. The summed E-state index contributed by atoms with van der Waals surface area (Å²) >= 11 is 1.59. The molecule has 2 aromatic rings. The van der Waals surface area contributed by atoms with Gasteiger partial charge in [0.25, 0.3) is 5.91 Å². The van der Waals surface area contributed by atoms with E-state index in [1.165, 1.54) is 0 Å². The zero-order valence-electron chi connectivity index (χ0n) is 18.7. The Labute approximate surface area is 197 Å². The van der Waals surface area contributed by atoms with Gasteiger partial charge in [0.1, 0.15) is 0 Å². The standard InChI is InChI=1S/C25H28N4O3S/c1-33-21-8-3-2-7-19(21)23(31)28-12-9-25(10-13-28)16-20(25)22(30)27-17-5-4-6-18(15-17)29-14-11-26-24(29)32/h2-8,15,20H,9-14,16H2,1H3,(H,26,32)(H,27,30). The van der Waals surface area contributed by atoms with Gasteiger partial charge >= 0.3 is 6.03 Å². The minimum Gasteiger partial charge on any atom is -0.339 e. The molecule has 4 amide bonds. The summed E-state index contributed by atoms with van der Waals surface area (Å²) in [5.74, 6) is 0.0942. The van der Waals surface area contributed by atoms with E-state index in [2.05, 4.69) is 10.6 Å². The lowest BCUT2D eigenvalue weighted by Crippen LogP contribution is -2.40. The second-order valence-electron chi connectivity index (χ2n) is 9.03. The molecule has 5 rings (SSSR count). The summed E-state index contributed by atoms with van der Waals surface area (Å²) < 4.78 is 0. The maximum absolute atomic E-state index is 13.0. The van der Waals surface area contributed by atoms with Gasteiger partial charge in [-0.3, -0.25) is 14.5 Å². The van der Waals surface area contributed by atoms with Crippen LogP contribution in [0.4, 0.5) is 16.2 Å². The van der Waals surface area contributed by atoms with Crippen LogP contribution >= 0.6 is 11.8 Å². The molecule has 0 bridgehead atoms. The van der Waals surface area contributed by atoms with Crippen molar-refractivity contribution in [1.29, 1.82) is 0 Å². The van der Waals surface area contributed by atoms with Gasteiger partial charge in [0.2, 0.25) is 5.91 Å². The Hall–Kier alpha value is -3.00. The number of carbonyl (C=O) groups excluding carboxylic acids is 3.